The van der Waals surface area contributed by atoms with Gasteiger partial charge in [-0.25, -0.2) is 9.97 Å². The Morgan fingerprint density at radius 2 is 1.95 bits per heavy atom. The van der Waals surface area contributed by atoms with Gasteiger partial charge in [0.25, 0.3) is 0 Å². The molecule has 0 aromatic carbocycles. The summed E-state index contributed by atoms with van der Waals surface area (Å²) in [5.41, 5.74) is 1.92. The first kappa shape index (κ1) is 15.4. The minimum absolute atomic E-state index is 0.229. The van der Waals surface area contributed by atoms with Gasteiger partial charge in [0, 0.05) is 23.1 Å². The second-order valence-electron chi connectivity index (χ2n) is 4.87. The van der Waals surface area contributed by atoms with E-state index in [1.165, 1.54) is 25.9 Å². The van der Waals surface area contributed by atoms with Crippen molar-refractivity contribution in [2.45, 2.75) is 31.4 Å². The van der Waals surface area contributed by atoms with Gasteiger partial charge >= 0.3 is 0 Å². The Labute approximate surface area is 129 Å². The third-order valence-corrected chi connectivity index (χ3v) is 5.30. The number of likely N-dealkylation sites (tertiary alicyclic amines) is 1. The van der Waals surface area contributed by atoms with Crippen molar-refractivity contribution in [2.24, 2.45) is 0 Å². The zero-order valence-electron chi connectivity index (χ0n) is 11.3. The summed E-state index contributed by atoms with van der Waals surface area (Å²) in [7, 11) is 0. The number of halogens is 2. The van der Waals surface area contributed by atoms with E-state index in [9.17, 15) is 0 Å². The predicted octanol–water partition coefficient (Wildman–Crippen LogP) is 3.46. The highest BCUT2D eigenvalue weighted by Crippen LogP contribution is 2.23. The van der Waals surface area contributed by atoms with Crippen LogP contribution in [0.25, 0.3) is 0 Å². The van der Waals surface area contributed by atoms with Crippen molar-refractivity contribution >= 4 is 35.0 Å². The van der Waals surface area contributed by atoms with E-state index in [0.717, 1.165) is 29.5 Å². The monoisotopic (exact) mass is 319 g/mol. The molecule has 0 radical (unpaired) electrons. The van der Waals surface area contributed by atoms with Crippen LogP contribution in [0.2, 0.25) is 10.4 Å². The lowest BCUT2D eigenvalue weighted by atomic mass is 10.1. The van der Waals surface area contributed by atoms with E-state index in [0.29, 0.717) is 5.15 Å². The maximum absolute atomic E-state index is 6.14. The average Bonchev–Trinajstić information content (AvgIpc) is 2.38. The van der Waals surface area contributed by atoms with Crippen molar-refractivity contribution in [1.29, 1.82) is 0 Å². The van der Waals surface area contributed by atoms with Gasteiger partial charge in [0.15, 0.2) is 0 Å². The number of rotatable bonds is 4. The predicted molar refractivity (Wildman–Crippen MR) is 83.5 cm³/mol. The van der Waals surface area contributed by atoms with Crippen molar-refractivity contribution in [3.05, 3.63) is 21.7 Å². The van der Waals surface area contributed by atoms with Gasteiger partial charge < -0.3 is 4.90 Å². The minimum atomic E-state index is 0.229. The highest BCUT2D eigenvalue weighted by Gasteiger charge is 2.18. The lowest BCUT2D eigenvalue weighted by molar-refractivity contribution is 0.235. The van der Waals surface area contributed by atoms with Gasteiger partial charge in [-0.3, -0.25) is 0 Å². The molecule has 0 unspecified atom stereocenters. The number of aromatic nitrogens is 2. The number of piperidine rings is 1. The Morgan fingerprint density at radius 1 is 1.26 bits per heavy atom. The molecule has 1 saturated heterocycles. The van der Waals surface area contributed by atoms with E-state index in [4.69, 9.17) is 23.2 Å². The summed E-state index contributed by atoms with van der Waals surface area (Å²) in [5, 5.41) is 1.56. The fourth-order valence-corrected chi connectivity index (χ4v) is 3.70. The zero-order chi connectivity index (χ0) is 13.8. The highest BCUT2D eigenvalue weighted by molar-refractivity contribution is 7.99. The maximum atomic E-state index is 6.14. The fourth-order valence-electron chi connectivity index (χ4n) is 2.45. The average molecular weight is 320 g/mol. The van der Waals surface area contributed by atoms with E-state index >= 15 is 0 Å². The van der Waals surface area contributed by atoms with Gasteiger partial charge in [-0.2, -0.15) is 11.8 Å². The summed E-state index contributed by atoms with van der Waals surface area (Å²) < 4.78 is 0. The molecule has 3 nitrogen and oxygen atoms in total. The van der Waals surface area contributed by atoms with E-state index in [2.05, 4.69) is 21.1 Å². The molecule has 0 atom stereocenters. The van der Waals surface area contributed by atoms with Crippen LogP contribution in [0.4, 0.5) is 0 Å². The standard InChI is InChI=1S/C13H19Cl2N3S/c1-9-11(12(14)17-13(15)16-9)5-8-18-6-3-10(19-2)4-7-18/h10H,3-8H2,1-2H3. The lowest BCUT2D eigenvalue weighted by Crippen LogP contribution is -2.36. The van der Waals surface area contributed by atoms with Crippen LogP contribution in [0, 0.1) is 6.92 Å². The van der Waals surface area contributed by atoms with Crippen LogP contribution in [0.3, 0.4) is 0 Å². The summed E-state index contributed by atoms with van der Waals surface area (Å²) in [6.07, 6.45) is 5.66. The second kappa shape index (κ2) is 7.11. The molecule has 106 valence electrons. The summed E-state index contributed by atoms with van der Waals surface area (Å²) >= 11 is 13.9. The molecule has 0 spiro atoms. The summed E-state index contributed by atoms with van der Waals surface area (Å²) in [6, 6.07) is 0. The summed E-state index contributed by atoms with van der Waals surface area (Å²) in [6.45, 7) is 5.31. The molecule has 1 aliphatic rings. The van der Waals surface area contributed by atoms with Crippen LogP contribution in [-0.4, -0.2) is 46.0 Å². The van der Waals surface area contributed by atoms with Crippen molar-refractivity contribution in [3.63, 3.8) is 0 Å². The SMILES string of the molecule is CSC1CCN(CCc2c(C)nc(Cl)nc2Cl)CC1. The number of thioether (sulfide) groups is 1. The molecular formula is C13H19Cl2N3S. The highest BCUT2D eigenvalue weighted by atomic mass is 35.5. The fraction of sp³-hybridized carbons (Fsp3) is 0.692. The van der Waals surface area contributed by atoms with Gasteiger partial charge in [0.2, 0.25) is 5.28 Å². The third-order valence-electron chi connectivity index (χ3n) is 3.68. The van der Waals surface area contributed by atoms with Gasteiger partial charge in [-0.05, 0) is 57.1 Å². The normalized spacial score (nSPS) is 17.9. The molecule has 0 amide bonds. The number of hydrogen-bond acceptors (Lipinski definition) is 4. The summed E-state index contributed by atoms with van der Waals surface area (Å²) in [5.74, 6) is 0. The molecule has 0 bridgehead atoms. The third kappa shape index (κ3) is 4.22. The zero-order valence-corrected chi connectivity index (χ0v) is 13.7. The van der Waals surface area contributed by atoms with Crippen LogP contribution in [0.1, 0.15) is 24.1 Å². The molecule has 0 saturated carbocycles. The lowest BCUT2D eigenvalue weighted by Gasteiger charge is -2.31. The molecule has 0 aliphatic carbocycles. The first-order chi connectivity index (χ1) is 9.10. The van der Waals surface area contributed by atoms with E-state index in [1.54, 1.807) is 0 Å². The molecule has 2 heterocycles. The Bertz CT molecular complexity index is 411. The van der Waals surface area contributed by atoms with E-state index in [1.807, 2.05) is 18.7 Å². The Morgan fingerprint density at radius 3 is 2.53 bits per heavy atom. The maximum Gasteiger partial charge on any atom is 0.224 e. The van der Waals surface area contributed by atoms with Crippen molar-refractivity contribution < 1.29 is 0 Å². The Kier molecular flexibility index (Phi) is 5.75. The molecule has 1 aliphatic heterocycles. The van der Waals surface area contributed by atoms with Crippen LogP contribution in [-0.2, 0) is 6.42 Å². The van der Waals surface area contributed by atoms with Gasteiger partial charge in [-0.1, -0.05) is 11.6 Å². The van der Waals surface area contributed by atoms with Gasteiger partial charge in [-0.15, -0.1) is 0 Å². The smallest absolute Gasteiger partial charge is 0.224 e. The number of nitrogens with zero attached hydrogens (tertiary/aromatic N) is 3. The Hall–Kier alpha value is -0.0300. The number of hydrogen-bond donors (Lipinski definition) is 0. The van der Waals surface area contributed by atoms with Crippen LogP contribution < -0.4 is 0 Å². The van der Waals surface area contributed by atoms with E-state index in [-0.39, 0.29) is 5.28 Å². The van der Waals surface area contributed by atoms with Crippen molar-refractivity contribution in [1.82, 2.24) is 14.9 Å². The molecule has 19 heavy (non-hydrogen) atoms. The van der Waals surface area contributed by atoms with Gasteiger partial charge in [0.1, 0.15) is 5.15 Å². The van der Waals surface area contributed by atoms with Crippen LogP contribution >= 0.6 is 35.0 Å². The minimum Gasteiger partial charge on any atom is -0.303 e. The van der Waals surface area contributed by atoms with Gasteiger partial charge in [0.05, 0.1) is 0 Å². The van der Waals surface area contributed by atoms with Crippen molar-refractivity contribution in [2.75, 3.05) is 25.9 Å². The molecule has 1 aromatic heterocycles. The molecular weight excluding hydrogens is 301 g/mol. The first-order valence-corrected chi connectivity index (χ1v) is 8.58. The molecule has 6 heteroatoms. The van der Waals surface area contributed by atoms with E-state index < -0.39 is 0 Å². The quantitative estimate of drug-likeness (QED) is 0.627. The molecule has 1 aromatic rings. The number of aryl methyl sites for hydroxylation is 1. The molecule has 0 N–H and O–H groups in total. The Balaban J connectivity index is 1.89. The first-order valence-electron chi connectivity index (χ1n) is 6.54. The molecule has 1 fully saturated rings. The van der Waals surface area contributed by atoms with Crippen LogP contribution in [0.5, 0.6) is 0 Å². The summed E-state index contributed by atoms with van der Waals surface area (Å²) in [4.78, 5) is 10.7. The topological polar surface area (TPSA) is 29.0 Å². The van der Waals surface area contributed by atoms with Crippen molar-refractivity contribution in [3.8, 4) is 0 Å². The van der Waals surface area contributed by atoms with Crippen LogP contribution in [0.15, 0.2) is 0 Å². The molecule has 2 rings (SSSR count). The largest absolute Gasteiger partial charge is 0.303 e. The second-order valence-corrected chi connectivity index (χ2v) is 6.71.